The minimum absolute atomic E-state index is 0.157. The van der Waals surface area contributed by atoms with Crippen LogP contribution >= 0.6 is 22.6 Å². The fourth-order valence-corrected chi connectivity index (χ4v) is 8.97. The Balaban J connectivity index is 1.27. The first kappa shape index (κ1) is 34.2. The van der Waals surface area contributed by atoms with E-state index in [2.05, 4.69) is 61.7 Å². The highest BCUT2D eigenvalue weighted by Crippen LogP contribution is 2.61. The van der Waals surface area contributed by atoms with Crippen molar-refractivity contribution in [3.8, 4) is 45.5 Å². The zero-order valence-electron chi connectivity index (χ0n) is 30.3. The molecule has 7 heterocycles. The summed E-state index contributed by atoms with van der Waals surface area (Å²) < 4.78 is 27.0. The van der Waals surface area contributed by atoms with Crippen molar-refractivity contribution in [2.75, 3.05) is 9.93 Å². The zero-order valence-corrected chi connectivity index (χ0v) is 32.5. The molecule has 3 aromatic carbocycles. The summed E-state index contributed by atoms with van der Waals surface area (Å²) in [6.07, 6.45) is 1.80. The third-order valence-electron chi connectivity index (χ3n) is 11.3. The molecule has 4 aliphatic rings. The van der Waals surface area contributed by atoms with Gasteiger partial charge in [-0.05, 0) is 63.8 Å². The summed E-state index contributed by atoms with van der Waals surface area (Å²) in [7, 11) is 0. The molecule has 13 nitrogen and oxygen atoms in total. The molecule has 0 aliphatic carbocycles. The van der Waals surface area contributed by atoms with E-state index in [1.165, 1.54) is 0 Å². The third kappa shape index (κ3) is 4.86. The zero-order chi connectivity index (χ0) is 37.9. The molecule has 4 aliphatic heterocycles. The normalized spacial score (nSPS) is 22.0. The van der Waals surface area contributed by atoms with Gasteiger partial charge in [-0.2, -0.15) is 0 Å². The molecule has 10 rings (SSSR count). The smallest absolute Gasteiger partial charge is 0.249 e. The number of alkyl halides is 1. The van der Waals surface area contributed by atoms with Crippen LogP contribution in [0.5, 0.6) is 11.5 Å². The molecule has 10 bridgehead atoms. The number of aliphatic hydroxyl groups is 1. The topological polar surface area (TPSA) is 177 Å². The summed E-state index contributed by atoms with van der Waals surface area (Å²) in [5.41, 5.74) is 6.19. The molecule has 5 N–H and O–H groups in total. The second-order valence-electron chi connectivity index (χ2n) is 15.3. The number of benzene rings is 3. The Bertz CT molecular complexity index is 2570. The summed E-state index contributed by atoms with van der Waals surface area (Å²) in [5, 5.41) is 21.3. The van der Waals surface area contributed by atoms with E-state index in [9.17, 15) is 14.7 Å². The minimum atomic E-state index is -1.29. The molecule has 5 atom stereocenters. The molecule has 2 unspecified atom stereocenters. The average molecular weight is 853 g/mol. The van der Waals surface area contributed by atoms with Crippen molar-refractivity contribution >= 4 is 51.0 Å². The molecular formula is C41H37IN6O7. The van der Waals surface area contributed by atoms with E-state index in [4.69, 9.17) is 28.3 Å². The number of halogens is 1. The van der Waals surface area contributed by atoms with E-state index in [-0.39, 0.29) is 30.0 Å². The van der Waals surface area contributed by atoms with Crippen molar-refractivity contribution in [2.24, 2.45) is 11.8 Å². The molecular weight excluding hydrogens is 815 g/mol. The molecule has 280 valence electrons. The molecule has 6 aromatic rings. The van der Waals surface area contributed by atoms with Gasteiger partial charge < -0.3 is 44.3 Å². The Kier molecular flexibility index (Phi) is 7.66. The summed E-state index contributed by atoms with van der Waals surface area (Å²) in [5.74, 6) is 1.26. The van der Waals surface area contributed by atoms with Gasteiger partial charge in [0.1, 0.15) is 39.7 Å². The number of aromatic nitrogens is 3. The van der Waals surface area contributed by atoms with Gasteiger partial charge in [0.15, 0.2) is 23.4 Å². The number of hydrogen-bond donors (Lipinski definition) is 5. The number of nitrogens with zero attached hydrogens (tertiary/aromatic N) is 2. The number of ether oxygens (including phenoxy) is 2. The first-order chi connectivity index (χ1) is 26.6. The third-order valence-corrected chi connectivity index (χ3v) is 11.7. The Hall–Kier alpha value is -5.35. The fraction of sp³-hybridized carbons (Fsp3) is 0.317. The average Bonchev–Trinajstić information content (AvgIpc) is 3.99. The predicted octanol–water partition coefficient (Wildman–Crippen LogP) is 6.58. The van der Waals surface area contributed by atoms with Crippen LogP contribution in [0.1, 0.15) is 62.1 Å². The molecule has 0 saturated heterocycles. The number of rotatable bonds is 6. The molecule has 0 saturated carbocycles. The van der Waals surface area contributed by atoms with E-state index in [0.717, 1.165) is 50.0 Å². The quantitative estimate of drug-likeness (QED) is 0.0910. The van der Waals surface area contributed by atoms with Crippen LogP contribution in [0.25, 0.3) is 44.9 Å². The Labute approximate surface area is 328 Å². The first-order valence-corrected chi connectivity index (χ1v) is 19.9. The summed E-state index contributed by atoms with van der Waals surface area (Å²) >= 11 is 2.19. The number of carbonyl (C=O) groups is 2. The lowest BCUT2D eigenvalue weighted by atomic mass is 9.72. The van der Waals surface area contributed by atoms with E-state index in [1.54, 1.807) is 20.0 Å². The number of aliphatic hydroxyl groups excluding tert-OH is 1. The largest absolute Gasteiger partial charge is 0.481 e. The van der Waals surface area contributed by atoms with Gasteiger partial charge in [0.05, 0.1) is 11.7 Å². The van der Waals surface area contributed by atoms with E-state index < -0.39 is 41.6 Å². The maximum Gasteiger partial charge on any atom is 0.249 e. The van der Waals surface area contributed by atoms with Crippen LogP contribution in [-0.4, -0.2) is 54.9 Å². The second-order valence-corrected chi connectivity index (χ2v) is 15.9. The van der Waals surface area contributed by atoms with Gasteiger partial charge in [-0.1, -0.05) is 58.0 Å². The number of anilines is 1. The highest BCUT2D eigenvalue weighted by Gasteiger charge is 2.61. The minimum Gasteiger partial charge on any atom is -0.481 e. The maximum atomic E-state index is 14.2. The number of fused-ring (bicyclic) bond motifs is 7. The lowest BCUT2D eigenvalue weighted by molar-refractivity contribution is -0.135. The molecule has 14 heteroatoms. The highest BCUT2D eigenvalue weighted by atomic mass is 127. The summed E-state index contributed by atoms with van der Waals surface area (Å²) in [6, 6.07) is 14.4. The van der Waals surface area contributed by atoms with E-state index in [1.807, 2.05) is 50.4 Å². The number of carbonyl (C=O) groups excluding carboxylic acids is 2. The van der Waals surface area contributed by atoms with Crippen LogP contribution in [0.3, 0.4) is 0 Å². The molecule has 2 amide bonds. The van der Waals surface area contributed by atoms with Crippen LogP contribution in [0.15, 0.2) is 69.8 Å². The fourth-order valence-electron chi connectivity index (χ4n) is 8.63. The van der Waals surface area contributed by atoms with Crippen LogP contribution < -0.4 is 25.4 Å². The van der Waals surface area contributed by atoms with Crippen molar-refractivity contribution < 1.29 is 33.0 Å². The number of oxazole rings is 2. The van der Waals surface area contributed by atoms with Crippen LogP contribution in [-0.2, 0) is 21.4 Å². The lowest BCUT2D eigenvalue weighted by Gasteiger charge is -2.29. The van der Waals surface area contributed by atoms with Gasteiger partial charge in [-0.25, -0.2) is 9.97 Å². The van der Waals surface area contributed by atoms with Crippen LogP contribution in [0, 0.1) is 11.8 Å². The lowest BCUT2D eigenvalue weighted by Crippen LogP contribution is -2.52. The van der Waals surface area contributed by atoms with Gasteiger partial charge >= 0.3 is 0 Å². The summed E-state index contributed by atoms with van der Waals surface area (Å²) in [4.78, 5) is 40.8. The van der Waals surface area contributed by atoms with Crippen molar-refractivity contribution in [3.63, 3.8) is 0 Å². The van der Waals surface area contributed by atoms with Gasteiger partial charge in [0.25, 0.3) is 0 Å². The molecule has 0 fully saturated rings. The Morgan fingerprint density at radius 1 is 1.07 bits per heavy atom. The number of H-pyrrole nitrogens is 1. The molecule has 1 spiro atoms. The number of hydrogen-bond acceptors (Lipinski definition) is 10. The van der Waals surface area contributed by atoms with E-state index in [0.29, 0.717) is 33.3 Å². The Morgan fingerprint density at radius 3 is 2.73 bits per heavy atom. The van der Waals surface area contributed by atoms with E-state index >= 15 is 0 Å². The summed E-state index contributed by atoms with van der Waals surface area (Å²) in [6.45, 7) is 7.43. The van der Waals surface area contributed by atoms with Gasteiger partial charge in [0.2, 0.25) is 23.6 Å². The molecule has 0 radical (unpaired) electrons. The monoisotopic (exact) mass is 852 g/mol. The molecule has 3 aromatic heterocycles. The van der Waals surface area contributed by atoms with Crippen molar-refractivity contribution in [1.29, 1.82) is 0 Å². The van der Waals surface area contributed by atoms with Gasteiger partial charge in [-0.15, -0.1) is 0 Å². The molecule has 55 heavy (non-hydrogen) atoms. The van der Waals surface area contributed by atoms with Crippen molar-refractivity contribution in [2.45, 2.75) is 63.9 Å². The van der Waals surface area contributed by atoms with Gasteiger partial charge in [-0.3, -0.25) is 9.59 Å². The van der Waals surface area contributed by atoms with Crippen molar-refractivity contribution in [1.82, 2.24) is 25.6 Å². The number of para-hydroxylation sites is 1. The second kappa shape index (κ2) is 12.3. The highest BCUT2D eigenvalue weighted by molar-refractivity contribution is 14.1. The van der Waals surface area contributed by atoms with Crippen LogP contribution in [0.4, 0.5) is 5.69 Å². The number of amides is 2. The van der Waals surface area contributed by atoms with Crippen molar-refractivity contribution in [3.05, 3.63) is 89.3 Å². The van der Waals surface area contributed by atoms with Crippen LogP contribution in [0.2, 0.25) is 0 Å². The number of nitrogens with one attached hydrogen (secondary N) is 4. The van der Waals surface area contributed by atoms with Gasteiger partial charge in [0, 0.05) is 45.9 Å². The predicted molar refractivity (Wildman–Crippen MR) is 211 cm³/mol. The SMILES string of the molecule is CC(C)[C@H](O)C(=O)N[C@H]1Cc2ccc3c(c2)C24c5cccc(c5NC2O3)-c2ccc(OCI)c3[nH]cc(c23)-c2cnc(o2)-c2nc(oc24)[C@H](C(C)C)NC1=O. The standard InChI is InChI=1S/C41H37IN6O7/c1-17(2)30-39-47-33-35(55-39)41-23-7-5-6-21(20-9-11-27(52-16-42)32-29(20)22(14-43-32)28-15-44-38(33)53-28)31(23)48-40(41)54-26-10-8-19(12-24(26)41)13-25(36(50)46-30)45-37(51)34(49)18(3)4/h5-12,14-15,17-18,25,30,34,40,43,48-49H,13,16H2,1-4H3,(H,45,51)(H,46,50)/t25-,30-,34-,40?,41?/m0/s1. The number of aromatic amines is 1. The maximum absolute atomic E-state index is 14.2. The Morgan fingerprint density at radius 2 is 1.93 bits per heavy atom. The first-order valence-electron chi connectivity index (χ1n) is 18.4.